The second-order valence-electron chi connectivity index (χ2n) is 6.07. The molecule has 2 aromatic heterocycles. The van der Waals surface area contributed by atoms with E-state index in [9.17, 15) is 8.42 Å². The fourth-order valence-corrected chi connectivity index (χ4v) is 4.73. The molecule has 3 aromatic rings. The summed E-state index contributed by atoms with van der Waals surface area (Å²) in [6.45, 7) is 3.23. The molecule has 0 fully saturated rings. The predicted octanol–water partition coefficient (Wildman–Crippen LogP) is 4.56. The number of furan rings is 1. The summed E-state index contributed by atoms with van der Waals surface area (Å²) in [6.07, 6.45) is 3.12. The second kappa shape index (κ2) is 9.21. The highest BCUT2D eigenvalue weighted by molar-refractivity contribution is 7.89. The molecular formula is C20H23NO4S2. The summed E-state index contributed by atoms with van der Waals surface area (Å²) in [4.78, 5) is 1.40. The van der Waals surface area contributed by atoms with Crippen LogP contribution in [0.4, 0.5) is 0 Å². The molecule has 0 radical (unpaired) electrons. The van der Waals surface area contributed by atoms with Crippen LogP contribution in [-0.4, -0.2) is 25.9 Å². The van der Waals surface area contributed by atoms with E-state index >= 15 is 0 Å². The van der Waals surface area contributed by atoms with Crippen molar-refractivity contribution in [2.24, 2.45) is 0 Å². The number of thiophene rings is 1. The number of hydrogen-bond acceptors (Lipinski definition) is 5. The van der Waals surface area contributed by atoms with Crippen molar-refractivity contribution in [2.45, 2.75) is 31.2 Å². The summed E-state index contributed by atoms with van der Waals surface area (Å²) in [7, 11) is -3.65. The number of rotatable bonds is 10. The largest absolute Gasteiger partial charge is 0.494 e. The zero-order valence-electron chi connectivity index (χ0n) is 15.2. The summed E-state index contributed by atoms with van der Waals surface area (Å²) in [5.74, 6) is 1.29. The van der Waals surface area contributed by atoms with E-state index in [-0.39, 0.29) is 11.4 Å². The minimum absolute atomic E-state index is 0.203. The van der Waals surface area contributed by atoms with Crippen molar-refractivity contribution in [3.8, 4) is 5.75 Å². The minimum Gasteiger partial charge on any atom is -0.494 e. The molecule has 2 heterocycles. The maximum Gasteiger partial charge on any atom is 0.243 e. The molecule has 0 aliphatic heterocycles. The molecule has 0 bridgehead atoms. The Morgan fingerprint density at radius 1 is 1.11 bits per heavy atom. The molecule has 0 aliphatic rings. The van der Waals surface area contributed by atoms with Crippen molar-refractivity contribution in [3.63, 3.8) is 0 Å². The third-order valence-corrected chi connectivity index (χ3v) is 6.83. The quantitative estimate of drug-likeness (QED) is 0.496. The lowest BCUT2D eigenvalue weighted by atomic mass is 10.3. The lowest BCUT2D eigenvalue weighted by molar-refractivity contribution is 0.317. The van der Waals surface area contributed by atoms with Gasteiger partial charge in [-0.2, -0.15) is 4.31 Å². The van der Waals surface area contributed by atoms with Crippen LogP contribution in [0.1, 0.15) is 24.0 Å². The number of hydrogen-bond donors (Lipinski definition) is 0. The molecule has 0 aliphatic carbocycles. The number of benzene rings is 1. The summed E-state index contributed by atoms with van der Waals surface area (Å²) >= 11 is 1.63. The Morgan fingerprint density at radius 2 is 1.93 bits per heavy atom. The fraction of sp³-hybridized carbons (Fsp3) is 0.300. The third-order valence-electron chi connectivity index (χ3n) is 4.03. The van der Waals surface area contributed by atoms with Gasteiger partial charge in [-0.1, -0.05) is 13.0 Å². The van der Waals surface area contributed by atoms with Crippen molar-refractivity contribution < 1.29 is 17.6 Å². The van der Waals surface area contributed by atoms with Gasteiger partial charge in [-0.05, 0) is 60.7 Å². The Balaban J connectivity index is 1.79. The number of ether oxygens (including phenoxy) is 1. The molecule has 0 saturated heterocycles. The Labute approximate surface area is 164 Å². The normalized spacial score (nSPS) is 11.8. The van der Waals surface area contributed by atoms with Crippen LogP contribution in [0.15, 0.2) is 69.5 Å². The molecule has 0 N–H and O–H groups in total. The van der Waals surface area contributed by atoms with Crippen molar-refractivity contribution >= 4 is 21.4 Å². The fourth-order valence-electron chi connectivity index (χ4n) is 2.63. The number of sulfonamides is 1. The maximum absolute atomic E-state index is 13.2. The van der Waals surface area contributed by atoms with Gasteiger partial charge in [0.05, 0.1) is 24.3 Å². The van der Waals surface area contributed by atoms with Crippen LogP contribution in [0.25, 0.3) is 0 Å². The smallest absolute Gasteiger partial charge is 0.243 e. The first kappa shape index (κ1) is 19.7. The molecule has 0 atom stereocenters. The van der Waals surface area contributed by atoms with E-state index in [0.717, 1.165) is 11.3 Å². The van der Waals surface area contributed by atoms with Crippen LogP contribution >= 0.6 is 11.3 Å². The van der Waals surface area contributed by atoms with Crippen molar-refractivity contribution in [3.05, 3.63) is 70.8 Å². The third kappa shape index (κ3) is 5.22. The summed E-state index contributed by atoms with van der Waals surface area (Å²) in [5, 5.41) is 2.00. The minimum atomic E-state index is -3.65. The van der Waals surface area contributed by atoms with E-state index < -0.39 is 10.0 Å². The lowest BCUT2D eigenvalue weighted by Crippen LogP contribution is -2.32. The first-order valence-corrected chi connectivity index (χ1v) is 11.2. The average Bonchev–Trinajstić information content (AvgIpc) is 3.37. The van der Waals surface area contributed by atoms with E-state index in [1.54, 1.807) is 54.0 Å². The molecule has 0 amide bonds. The summed E-state index contributed by atoms with van der Waals surface area (Å²) in [6, 6.07) is 14.1. The van der Waals surface area contributed by atoms with Gasteiger partial charge in [0.1, 0.15) is 11.5 Å². The SMILES string of the molecule is CCCOc1ccc(S(=O)(=O)N(CCc2cccs2)Cc2ccco2)cc1. The van der Waals surface area contributed by atoms with Gasteiger partial charge in [0.25, 0.3) is 0 Å². The maximum atomic E-state index is 13.2. The Morgan fingerprint density at radius 3 is 2.56 bits per heavy atom. The van der Waals surface area contributed by atoms with Crippen molar-refractivity contribution in [2.75, 3.05) is 13.2 Å². The van der Waals surface area contributed by atoms with Gasteiger partial charge in [0, 0.05) is 11.4 Å². The Kier molecular flexibility index (Phi) is 6.71. The molecule has 0 unspecified atom stereocenters. The van der Waals surface area contributed by atoms with Crippen molar-refractivity contribution in [1.29, 1.82) is 0 Å². The molecule has 144 valence electrons. The molecule has 0 saturated carbocycles. The molecular weight excluding hydrogens is 382 g/mol. The highest BCUT2D eigenvalue weighted by Crippen LogP contribution is 2.23. The van der Waals surface area contributed by atoms with Gasteiger partial charge in [-0.15, -0.1) is 11.3 Å². The van der Waals surface area contributed by atoms with Gasteiger partial charge < -0.3 is 9.15 Å². The van der Waals surface area contributed by atoms with Gasteiger partial charge >= 0.3 is 0 Å². The van der Waals surface area contributed by atoms with Crippen LogP contribution in [0, 0.1) is 0 Å². The number of nitrogens with zero attached hydrogens (tertiary/aromatic N) is 1. The Hall–Kier alpha value is -2.09. The molecule has 5 nitrogen and oxygen atoms in total. The second-order valence-corrected chi connectivity index (χ2v) is 9.04. The first-order chi connectivity index (χ1) is 13.1. The zero-order valence-corrected chi connectivity index (χ0v) is 16.8. The summed E-state index contributed by atoms with van der Waals surface area (Å²) < 4.78 is 38.8. The van der Waals surface area contributed by atoms with Gasteiger partial charge in [-0.25, -0.2) is 8.42 Å². The van der Waals surface area contributed by atoms with E-state index in [1.165, 1.54) is 4.31 Å². The monoisotopic (exact) mass is 405 g/mol. The van der Waals surface area contributed by atoms with Crippen LogP contribution in [0.3, 0.4) is 0 Å². The lowest BCUT2D eigenvalue weighted by Gasteiger charge is -2.21. The van der Waals surface area contributed by atoms with Crippen LogP contribution in [0.5, 0.6) is 5.75 Å². The predicted molar refractivity (Wildman–Crippen MR) is 107 cm³/mol. The van der Waals surface area contributed by atoms with E-state index in [0.29, 0.717) is 31.1 Å². The standard InChI is InChI=1S/C20H23NO4S2/c1-2-13-24-17-7-9-20(10-8-17)27(22,23)21(16-18-5-3-14-25-18)12-11-19-6-4-15-26-19/h3-10,14-15H,2,11-13,16H2,1H3. The van der Waals surface area contributed by atoms with Crippen molar-refractivity contribution in [1.82, 2.24) is 4.31 Å². The molecule has 3 rings (SSSR count). The van der Waals surface area contributed by atoms with Crippen LogP contribution in [0.2, 0.25) is 0 Å². The average molecular weight is 406 g/mol. The van der Waals surface area contributed by atoms with E-state index in [4.69, 9.17) is 9.15 Å². The summed E-state index contributed by atoms with van der Waals surface area (Å²) in [5.41, 5.74) is 0. The molecule has 1 aromatic carbocycles. The first-order valence-electron chi connectivity index (χ1n) is 8.87. The molecule has 0 spiro atoms. The Bertz CT molecular complexity index is 902. The molecule has 27 heavy (non-hydrogen) atoms. The highest BCUT2D eigenvalue weighted by Gasteiger charge is 2.25. The zero-order chi connectivity index (χ0) is 19.1. The van der Waals surface area contributed by atoms with Gasteiger partial charge in [0.2, 0.25) is 10.0 Å². The topological polar surface area (TPSA) is 59.8 Å². The molecule has 7 heteroatoms. The van der Waals surface area contributed by atoms with Crippen LogP contribution in [-0.2, 0) is 23.0 Å². The van der Waals surface area contributed by atoms with Gasteiger partial charge in [0.15, 0.2) is 0 Å². The van der Waals surface area contributed by atoms with Crippen LogP contribution < -0.4 is 4.74 Å². The van der Waals surface area contributed by atoms with Gasteiger partial charge in [-0.3, -0.25) is 0 Å². The van der Waals surface area contributed by atoms with E-state index in [2.05, 4.69) is 0 Å². The highest BCUT2D eigenvalue weighted by atomic mass is 32.2. The van der Waals surface area contributed by atoms with E-state index in [1.807, 2.05) is 24.4 Å².